The van der Waals surface area contributed by atoms with E-state index in [1.165, 1.54) is 10.4 Å². The van der Waals surface area contributed by atoms with Crippen LogP contribution in [0.5, 0.6) is 11.5 Å². The number of azide groups is 1. The summed E-state index contributed by atoms with van der Waals surface area (Å²) in [7, 11) is -5.30. The average Bonchev–Trinajstić information content (AvgIpc) is 3.70. The van der Waals surface area contributed by atoms with Gasteiger partial charge in [-0.15, -0.1) is 11.8 Å². The largest absolute Gasteiger partial charge is 0.493 e. The van der Waals surface area contributed by atoms with Crippen LogP contribution in [0, 0.1) is 5.92 Å². The first-order valence-electron chi connectivity index (χ1n) is 27.1. The third-order valence-corrected chi connectivity index (χ3v) is 27.1. The third-order valence-electron chi connectivity index (χ3n) is 14.5. The van der Waals surface area contributed by atoms with Crippen LogP contribution in [0.2, 0.25) is 48.9 Å². The summed E-state index contributed by atoms with van der Waals surface area (Å²) in [4.78, 5) is 18.6. The maximum absolute atomic E-state index is 14.7. The van der Waals surface area contributed by atoms with Gasteiger partial charge in [0.05, 0.1) is 25.4 Å². The lowest BCUT2D eigenvalue weighted by atomic mass is 9.95. The minimum atomic E-state index is -2.85. The van der Waals surface area contributed by atoms with E-state index in [1.54, 1.807) is 24.9 Å². The lowest BCUT2D eigenvalue weighted by molar-refractivity contribution is -0.152. The van der Waals surface area contributed by atoms with Gasteiger partial charge in [-0.25, -0.2) is 4.79 Å². The van der Waals surface area contributed by atoms with Crippen LogP contribution in [-0.4, -0.2) is 94.5 Å². The zero-order chi connectivity index (χ0) is 56.0. The highest BCUT2D eigenvalue weighted by molar-refractivity contribution is 7.99. The van der Waals surface area contributed by atoms with Gasteiger partial charge in [0, 0.05) is 48.5 Å². The highest BCUT2D eigenvalue weighted by Crippen LogP contribution is 2.49. The van der Waals surface area contributed by atoms with Gasteiger partial charge in [0.2, 0.25) is 0 Å². The van der Waals surface area contributed by atoms with Crippen LogP contribution < -0.4 is 19.8 Å². The van der Waals surface area contributed by atoms with Crippen LogP contribution in [0.15, 0.2) is 125 Å². The first-order valence-corrected chi connectivity index (χ1v) is 36.5. The molecule has 76 heavy (non-hydrogen) atoms. The molecule has 5 rings (SSSR count). The van der Waals surface area contributed by atoms with Crippen molar-refractivity contribution in [2.75, 3.05) is 33.7 Å². The highest BCUT2D eigenvalue weighted by atomic mass is 32.2. The van der Waals surface area contributed by atoms with Gasteiger partial charge >= 0.3 is 5.97 Å². The molecular formula is C60H89N3O9SSi3. The van der Waals surface area contributed by atoms with Crippen LogP contribution in [0.4, 0.5) is 0 Å². The molecule has 416 valence electrons. The molecule has 16 heteroatoms. The quantitative estimate of drug-likeness (QED) is 0.00621. The van der Waals surface area contributed by atoms with Crippen molar-refractivity contribution in [2.24, 2.45) is 11.0 Å². The van der Waals surface area contributed by atoms with E-state index in [2.05, 4.69) is 183 Å². The molecule has 0 aliphatic carbocycles. The first kappa shape index (κ1) is 62.6. The predicted octanol–water partition coefficient (Wildman–Crippen LogP) is 14.9. The number of nitrogens with zero attached hydrogens (tertiary/aromatic N) is 3. The molecule has 0 amide bonds. The monoisotopic (exact) mass is 1110 g/mol. The Kier molecular flexibility index (Phi) is 22.7. The molecule has 0 N–H and O–H groups in total. The maximum Gasteiger partial charge on any atom is 0.342 e. The molecule has 1 fully saturated rings. The van der Waals surface area contributed by atoms with Crippen LogP contribution in [0.25, 0.3) is 10.4 Å². The van der Waals surface area contributed by atoms with Gasteiger partial charge in [-0.1, -0.05) is 164 Å². The number of hydrogen-bond acceptors (Lipinski definition) is 11. The molecule has 1 heterocycles. The zero-order valence-corrected chi connectivity index (χ0v) is 52.3. The molecule has 4 aromatic rings. The minimum absolute atomic E-state index is 0.00533. The highest BCUT2D eigenvalue weighted by Gasteiger charge is 2.52. The molecule has 1 saturated heterocycles. The lowest BCUT2D eigenvalue weighted by Gasteiger charge is -2.45. The number of benzene rings is 4. The van der Waals surface area contributed by atoms with Crippen molar-refractivity contribution in [1.29, 1.82) is 0 Å². The van der Waals surface area contributed by atoms with E-state index >= 15 is 0 Å². The number of methoxy groups -OCH3 is 1. The molecule has 4 aromatic carbocycles. The predicted molar refractivity (Wildman–Crippen MR) is 318 cm³/mol. The van der Waals surface area contributed by atoms with Crippen LogP contribution in [0.1, 0.15) is 110 Å². The zero-order valence-electron chi connectivity index (χ0n) is 48.5. The Hall–Kier alpha value is -4.20. The van der Waals surface area contributed by atoms with Crippen LogP contribution in [-0.2, 0) is 27.8 Å². The van der Waals surface area contributed by atoms with Gasteiger partial charge in [0.1, 0.15) is 23.2 Å². The SMILES string of the molecule is COCOc1ccc(OCCCN=[N+]=[N-])c(C(CC[C@@H]2OC(C)(C)O[C@@H]2C(/C=C\[C@@H](C)C(C)O[Si](c2ccccc2)(c2ccccc2)C(C)(C)C)O[Si](C)(C)C(C)(C)C)Sc2ccccc2)c1C(=O)OCC[Si](C)(C)C. The van der Waals surface area contributed by atoms with Crippen molar-refractivity contribution in [3.63, 3.8) is 0 Å². The van der Waals surface area contributed by atoms with Gasteiger partial charge in [-0.3, -0.25) is 0 Å². The summed E-state index contributed by atoms with van der Waals surface area (Å²) in [5.41, 5.74) is 9.94. The fourth-order valence-electron chi connectivity index (χ4n) is 9.22. The molecular weight excluding hydrogens is 1020 g/mol. The summed E-state index contributed by atoms with van der Waals surface area (Å²) in [5, 5.41) is 5.56. The number of hydrogen-bond donors (Lipinski definition) is 0. The number of carbonyl (C=O) groups excluding carboxylic acids is 1. The minimum Gasteiger partial charge on any atom is -0.493 e. The maximum atomic E-state index is 14.7. The molecule has 0 saturated carbocycles. The Morgan fingerprint density at radius 3 is 1.93 bits per heavy atom. The van der Waals surface area contributed by atoms with Crippen molar-refractivity contribution in [3.05, 3.63) is 137 Å². The van der Waals surface area contributed by atoms with E-state index in [0.29, 0.717) is 41.9 Å². The van der Waals surface area contributed by atoms with Crippen LogP contribution in [0.3, 0.4) is 0 Å². The van der Waals surface area contributed by atoms with E-state index in [0.717, 1.165) is 10.9 Å². The number of carbonyl (C=O) groups is 1. The van der Waals surface area contributed by atoms with E-state index in [-0.39, 0.29) is 53.9 Å². The van der Waals surface area contributed by atoms with Gasteiger partial charge < -0.3 is 37.3 Å². The summed E-state index contributed by atoms with van der Waals surface area (Å²) < 4.78 is 53.3. The Morgan fingerprint density at radius 2 is 1.38 bits per heavy atom. The van der Waals surface area contributed by atoms with Gasteiger partial charge in [-0.05, 0) is 115 Å². The van der Waals surface area contributed by atoms with Crippen molar-refractivity contribution in [2.45, 2.75) is 178 Å². The van der Waals surface area contributed by atoms with E-state index in [1.807, 2.05) is 38.1 Å². The van der Waals surface area contributed by atoms with E-state index < -0.39 is 54.8 Å². The molecule has 0 aromatic heterocycles. The van der Waals surface area contributed by atoms with Crippen molar-refractivity contribution >= 4 is 52.8 Å². The smallest absolute Gasteiger partial charge is 0.342 e. The summed E-state index contributed by atoms with van der Waals surface area (Å²) >= 11 is 1.64. The number of esters is 1. The third kappa shape index (κ3) is 17.1. The molecule has 1 aliphatic heterocycles. The number of thioether (sulfide) groups is 1. The molecule has 0 radical (unpaired) electrons. The molecule has 12 nitrogen and oxygen atoms in total. The summed E-state index contributed by atoms with van der Waals surface area (Å²) in [6.07, 6.45) is 4.51. The van der Waals surface area contributed by atoms with Gasteiger partial charge in [0.15, 0.2) is 20.9 Å². The topological polar surface area (TPSA) is 140 Å². The molecule has 1 aliphatic rings. The molecule has 3 unspecified atom stereocenters. The Bertz CT molecular complexity index is 2470. The number of rotatable bonds is 28. The van der Waals surface area contributed by atoms with Crippen LogP contribution >= 0.6 is 11.8 Å². The fraction of sp³-hybridized carbons (Fsp3) is 0.550. The molecule has 0 bridgehead atoms. The van der Waals surface area contributed by atoms with Crippen molar-refractivity contribution in [1.82, 2.24) is 0 Å². The second kappa shape index (κ2) is 27.6. The summed E-state index contributed by atoms with van der Waals surface area (Å²) in [6, 6.07) is 36.1. The van der Waals surface area contributed by atoms with Gasteiger partial charge in [0.25, 0.3) is 8.32 Å². The van der Waals surface area contributed by atoms with E-state index in [9.17, 15) is 4.79 Å². The number of ether oxygens (including phenoxy) is 6. The summed E-state index contributed by atoms with van der Waals surface area (Å²) in [6.45, 7) is 34.2. The van der Waals surface area contributed by atoms with E-state index in [4.69, 9.17) is 42.8 Å². The van der Waals surface area contributed by atoms with Crippen molar-refractivity contribution in [3.8, 4) is 11.5 Å². The standard InChI is InChI=1S/C60H89N3O9SSi3/c1-44(45(2)71-76(59(6,7)8,47-29-22-18-23-30-47)48-31-24-19-25-32-48)33-34-52(72-75(15,16)58(3,4)5)56-51(69-60(9,10)70-56)37-38-53(73-46-27-20-17-21-28-46)54-49(66-40-26-39-62-63-61)35-36-50(68-43-65-11)55(54)57(64)67-41-42-74(12,13)14/h17-25,27-36,44-45,51-53,56H,26,37-43H2,1-16H3/b34-33-/t44-,45?,51+,52?,53?,56+/m1/s1. The molecule has 0 spiro atoms. The Balaban J connectivity index is 1.59. The average molecular weight is 1110 g/mol. The second-order valence-electron chi connectivity index (χ2n) is 24.2. The Morgan fingerprint density at radius 1 is 0.789 bits per heavy atom. The normalized spacial score (nSPS) is 17.9. The second-order valence-corrected chi connectivity index (χ2v) is 40.1. The Labute approximate surface area is 463 Å². The fourth-order valence-corrected chi connectivity index (χ4v) is 17.2. The first-order chi connectivity index (χ1) is 35.7. The van der Waals surface area contributed by atoms with Gasteiger partial charge in [-0.2, -0.15) is 0 Å². The summed E-state index contributed by atoms with van der Waals surface area (Å²) in [5.74, 6) is -0.571. The lowest BCUT2D eigenvalue weighted by Crippen LogP contribution is -2.67. The molecule has 6 atom stereocenters. The van der Waals surface area contributed by atoms with Crippen molar-refractivity contribution < 1.29 is 42.1 Å².